The molecule has 0 bridgehead atoms. The van der Waals surface area contributed by atoms with E-state index in [0.717, 1.165) is 5.56 Å². The molecule has 0 aliphatic carbocycles. The normalized spacial score (nSPS) is 10.7. The number of nitrogens with one attached hydrogen (secondary N) is 1. The first kappa shape index (κ1) is 19.4. The fourth-order valence-corrected chi connectivity index (χ4v) is 3.19. The van der Waals surface area contributed by atoms with Gasteiger partial charge in [0.25, 0.3) is 5.91 Å². The Bertz CT molecular complexity index is 1260. The summed E-state index contributed by atoms with van der Waals surface area (Å²) in [6.07, 6.45) is 0. The molecule has 0 aliphatic rings. The van der Waals surface area contributed by atoms with Crippen molar-refractivity contribution in [3.05, 3.63) is 94.6 Å². The molecule has 1 amide bonds. The number of carbonyl (C=O) groups excluding carboxylic acids is 1. The summed E-state index contributed by atoms with van der Waals surface area (Å²) in [4.78, 5) is 25.0. The topological polar surface area (TPSA) is 68.5 Å². The maximum absolute atomic E-state index is 13.0. The van der Waals surface area contributed by atoms with Crippen molar-refractivity contribution in [3.63, 3.8) is 0 Å². The molecule has 0 aliphatic heterocycles. The Hall–Kier alpha value is -3.93. The second-order valence-corrected chi connectivity index (χ2v) is 6.73. The van der Waals surface area contributed by atoms with E-state index >= 15 is 0 Å². The lowest BCUT2D eigenvalue weighted by Crippen LogP contribution is -2.20. The van der Waals surface area contributed by atoms with E-state index in [2.05, 4.69) is 5.32 Å². The fourth-order valence-electron chi connectivity index (χ4n) is 3.19. The Balaban J connectivity index is 1.53. The van der Waals surface area contributed by atoms with Crippen LogP contribution in [0.4, 0.5) is 10.1 Å². The summed E-state index contributed by atoms with van der Waals surface area (Å²) in [5.41, 5.74) is 2.05. The molecule has 6 heteroatoms. The number of rotatable bonds is 5. The second-order valence-electron chi connectivity index (χ2n) is 6.73. The molecule has 1 heterocycles. The molecule has 150 valence electrons. The standard InChI is InChI=1S/C24H18FNO4/c1-15-23(16-5-3-2-4-6-16)24(28)20-12-11-19(13-21(20)30-15)29-14-22(27)26-18-9-7-17(25)8-10-18/h2-13H,14H2,1H3,(H,26,27). The molecule has 0 spiro atoms. The molecule has 3 aromatic carbocycles. The molecular weight excluding hydrogens is 385 g/mol. The monoisotopic (exact) mass is 403 g/mol. The molecule has 0 saturated carbocycles. The van der Waals surface area contributed by atoms with E-state index in [4.69, 9.17) is 9.15 Å². The lowest BCUT2D eigenvalue weighted by Gasteiger charge is -2.10. The molecule has 30 heavy (non-hydrogen) atoms. The third kappa shape index (κ3) is 4.07. The summed E-state index contributed by atoms with van der Waals surface area (Å²) >= 11 is 0. The van der Waals surface area contributed by atoms with Gasteiger partial charge in [-0.15, -0.1) is 0 Å². The number of carbonyl (C=O) groups is 1. The van der Waals surface area contributed by atoms with Crippen LogP contribution < -0.4 is 15.5 Å². The van der Waals surface area contributed by atoms with E-state index in [-0.39, 0.29) is 17.9 Å². The molecule has 0 radical (unpaired) electrons. The molecule has 4 aromatic rings. The minimum Gasteiger partial charge on any atom is -0.484 e. The van der Waals surface area contributed by atoms with Gasteiger partial charge in [0.1, 0.15) is 22.9 Å². The average Bonchev–Trinajstić information content (AvgIpc) is 2.74. The van der Waals surface area contributed by atoms with Crippen molar-refractivity contribution < 1.29 is 18.3 Å². The van der Waals surface area contributed by atoms with Crippen molar-refractivity contribution in [2.24, 2.45) is 0 Å². The molecule has 5 nitrogen and oxygen atoms in total. The van der Waals surface area contributed by atoms with Crippen molar-refractivity contribution in [1.82, 2.24) is 0 Å². The van der Waals surface area contributed by atoms with E-state index in [1.165, 1.54) is 24.3 Å². The number of aryl methyl sites for hydroxylation is 1. The summed E-state index contributed by atoms with van der Waals surface area (Å²) in [7, 11) is 0. The van der Waals surface area contributed by atoms with Crippen LogP contribution in [0, 0.1) is 12.7 Å². The summed E-state index contributed by atoms with van der Waals surface area (Å²) in [6, 6.07) is 19.6. The second kappa shape index (κ2) is 8.21. The van der Waals surface area contributed by atoms with Gasteiger partial charge >= 0.3 is 0 Å². The highest BCUT2D eigenvalue weighted by Crippen LogP contribution is 2.26. The predicted octanol–water partition coefficient (Wildman–Crippen LogP) is 4.93. The van der Waals surface area contributed by atoms with Crippen molar-refractivity contribution in [2.45, 2.75) is 6.92 Å². The Morgan fingerprint density at radius 2 is 1.77 bits per heavy atom. The highest BCUT2D eigenvalue weighted by molar-refractivity contribution is 5.92. The predicted molar refractivity (Wildman–Crippen MR) is 113 cm³/mol. The van der Waals surface area contributed by atoms with Crippen molar-refractivity contribution >= 4 is 22.6 Å². The van der Waals surface area contributed by atoms with Gasteiger partial charge in [-0.05, 0) is 48.9 Å². The Morgan fingerprint density at radius 3 is 2.50 bits per heavy atom. The van der Waals surface area contributed by atoms with Gasteiger partial charge in [0.15, 0.2) is 6.61 Å². The molecule has 4 rings (SSSR count). The van der Waals surface area contributed by atoms with Gasteiger partial charge in [-0.25, -0.2) is 4.39 Å². The zero-order chi connectivity index (χ0) is 21.1. The first-order valence-electron chi connectivity index (χ1n) is 9.32. The van der Waals surface area contributed by atoms with Crippen LogP contribution in [0.1, 0.15) is 5.76 Å². The highest BCUT2D eigenvalue weighted by atomic mass is 19.1. The van der Waals surface area contributed by atoms with Crippen LogP contribution in [0.25, 0.3) is 22.1 Å². The van der Waals surface area contributed by atoms with Crippen molar-refractivity contribution in [1.29, 1.82) is 0 Å². The molecule has 0 fully saturated rings. The van der Waals surface area contributed by atoms with Gasteiger partial charge < -0.3 is 14.5 Å². The van der Waals surface area contributed by atoms with E-state index < -0.39 is 5.91 Å². The number of halogens is 1. The third-order valence-corrected chi connectivity index (χ3v) is 4.60. The summed E-state index contributed by atoms with van der Waals surface area (Å²) < 4.78 is 24.3. The van der Waals surface area contributed by atoms with Crippen LogP contribution in [0.5, 0.6) is 5.75 Å². The molecule has 1 aromatic heterocycles. The average molecular weight is 403 g/mol. The lowest BCUT2D eigenvalue weighted by molar-refractivity contribution is -0.118. The molecule has 1 N–H and O–H groups in total. The summed E-state index contributed by atoms with van der Waals surface area (Å²) in [6.45, 7) is 1.50. The molecule has 0 atom stereocenters. The SMILES string of the molecule is Cc1oc2cc(OCC(=O)Nc3ccc(F)cc3)ccc2c(=O)c1-c1ccccc1. The minimum absolute atomic E-state index is 0.124. The zero-order valence-corrected chi connectivity index (χ0v) is 16.1. The van der Waals surface area contributed by atoms with Gasteiger partial charge in [-0.1, -0.05) is 30.3 Å². The van der Waals surface area contributed by atoms with E-state index in [1.54, 1.807) is 25.1 Å². The summed E-state index contributed by atoms with van der Waals surface area (Å²) in [5.74, 6) is 0.128. The number of amides is 1. The maximum atomic E-state index is 13.0. The van der Waals surface area contributed by atoms with Gasteiger partial charge in [0, 0.05) is 11.8 Å². The van der Waals surface area contributed by atoms with Crippen molar-refractivity contribution in [2.75, 3.05) is 11.9 Å². The smallest absolute Gasteiger partial charge is 0.262 e. The maximum Gasteiger partial charge on any atom is 0.262 e. The van der Waals surface area contributed by atoms with Crippen LogP contribution in [-0.4, -0.2) is 12.5 Å². The van der Waals surface area contributed by atoms with E-state index in [0.29, 0.717) is 33.7 Å². The highest BCUT2D eigenvalue weighted by Gasteiger charge is 2.14. The van der Waals surface area contributed by atoms with Gasteiger partial charge in [0.05, 0.1) is 10.9 Å². The Labute approximate surface area is 171 Å². The molecule has 0 saturated heterocycles. The lowest BCUT2D eigenvalue weighted by atomic mass is 10.0. The Morgan fingerprint density at radius 1 is 1.03 bits per heavy atom. The van der Waals surface area contributed by atoms with Gasteiger partial charge in [-0.2, -0.15) is 0 Å². The number of anilines is 1. The summed E-state index contributed by atoms with van der Waals surface area (Å²) in [5, 5.41) is 3.05. The van der Waals surface area contributed by atoms with Crippen molar-refractivity contribution in [3.8, 4) is 16.9 Å². The van der Waals surface area contributed by atoms with Gasteiger partial charge in [0.2, 0.25) is 5.43 Å². The van der Waals surface area contributed by atoms with Crippen LogP contribution in [0.2, 0.25) is 0 Å². The van der Waals surface area contributed by atoms with Crippen LogP contribution >= 0.6 is 0 Å². The minimum atomic E-state index is -0.390. The third-order valence-electron chi connectivity index (χ3n) is 4.60. The number of hydrogen-bond acceptors (Lipinski definition) is 4. The van der Waals surface area contributed by atoms with Crippen LogP contribution in [-0.2, 0) is 4.79 Å². The number of fused-ring (bicyclic) bond motifs is 1. The molecule has 0 unspecified atom stereocenters. The Kier molecular flexibility index (Phi) is 5.30. The van der Waals surface area contributed by atoms with Crippen LogP contribution in [0.3, 0.4) is 0 Å². The fraction of sp³-hybridized carbons (Fsp3) is 0.0833. The molecular formula is C24H18FNO4. The van der Waals surface area contributed by atoms with Crippen LogP contribution in [0.15, 0.2) is 82.0 Å². The van der Waals surface area contributed by atoms with E-state index in [9.17, 15) is 14.0 Å². The first-order valence-corrected chi connectivity index (χ1v) is 9.32. The quantitative estimate of drug-likeness (QED) is 0.513. The first-order chi connectivity index (χ1) is 14.5. The zero-order valence-electron chi connectivity index (χ0n) is 16.1. The number of hydrogen-bond donors (Lipinski definition) is 1. The van der Waals surface area contributed by atoms with Gasteiger partial charge in [-0.3, -0.25) is 9.59 Å². The number of ether oxygens (including phenoxy) is 1. The number of benzene rings is 3. The van der Waals surface area contributed by atoms with E-state index in [1.807, 2.05) is 30.3 Å². The largest absolute Gasteiger partial charge is 0.484 e.